The topological polar surface area (TPSA) is 21.3 Å². The van der Waals surface area contributed by atoms with E-state index in [1.165, 1.54) is 32.4 Å². The SMILES string of the molecule is CC#CCCOCCC1CCCNC1. The van der Waals surface area contributed by atoms with Gasteiger partial charge in [0.2, 0.25) is 0 Å². The Labute approximate surface area is 87.4 Å². The van der Waals surface area contributed by atoms with Crippen LogP contribution in [0.15, 0.2) is 0 Å². The molecule has 14 heavy (non-hydrogen) atoms. The molecule has 2 heteroatoms. The summed E-state index contributed by atoms with van der Waals surface area (Å²) in [7, 11) is 0. The first-order valence-electron chi connectivity index (χ1n) is 5.61. The van der Waals surface area contributed by atoms with Crippen LogP contribution >= 0.6 is 0 Å². The molecular weight excluding hydrogens is 174 g/mol. The van der Waals surface area contributed by atoms with Crippen molar-refractivity contribution < 1.29 is 4.74 Å². The summed E-state index contributed by atoms with van der Waals surface area (Å²) in [6.45, 7) is 5.94. The number of rotatable bonds is 5. The van der Waals surface area contributed by atoms with Gasteiger partial charge in [-0.25, -0.2) is 0 Å². The zero-order valence-corrected chi connectivity index (χ0v) is 9.14. The molecule has 0 aromatic carbocycles. The zero-order chi connectivity index (χ0) is 10.1. The van der Waals surface area contributed by atoms with Gasteiger partial charge in [-0.15, -0.1) is 11.8 Å². The summed E-state index contributed by atoms with van der Waals surface area (Å²) in [5.74, 6) is 6.70. The van der Waals surface area contributed by atoms with Gasteiger partial charge < -0.3 is 10.1 Å². The fourth-order valence-corrected chi connectivity index (χ4v) is 1.77. The largest absolute Gasteiger partial charge is 0.380 e. The molecule has 0 aliphatic carbocycles. The summed E-state index contributed by atoms with van der Waals surface area (Å²) in [5.41, 5.74) is 0. The van der Waals surface area contributed by atoms with Crippen molar-refractivity contribution in [3.05, 3.63) is 0 Å². The molecule has 1 fully saturated rings. The number of hydrogen-bond donors (Lipinski definition) is 1. The summed E-state index contributed by atoms with van der Waals surface area (Å²) in [5, 5.41) is 3.42. The second-order valence-electron chi connectivity index (χ2n) is 3.79. The average Bonchev–Trinajstić information content (AvgIpc) is 2.25. The quantitative estimate of drug-likeness (QED) is 0.533. The molecule has 1 heterocycles. The van der Waals surface area contributed by atoms with Crippen molar-refractivity contribution >= 4 is 0 Å². The average molecular weight is 195 g/mol. The molecule has 0 radical (unpaired) electrons. The van der Waals surface area contributed by atoms with Crippen LogP contribution in [0.1, 0.15) is 32.6 Å². The minimum absolute atomic E-state index is 0.793. The monoisotopic (exact) mass is 195 g/mol. The maximum absolute atomic E-state index is 5.51. The third kappa shape index (κ3) is 5.26. The second-order valence-corrected chi connectivity index (χ2v) is 3.79. The van der Waals surface area contributed by atoms with Gasteiger partial charge in [0, 0.05) is 13.0 Å². The number of nitrogens with one attached hydrogen (secondary N) is 1. The smallest absolute Gasteiger partial charge is 0.0575 e. The van der Waals surface area contributed by atoms with Crippen LogP contribution < -0.4 is 5.32 Å². The summed E-state index contributed by atoms with van der Waals surface area (Å²) in [4.78, 5) is 0. The number of ether oxygens (including phenoxy) is 1. The Morgan fingerprint density at radius 2 is 2.36 bits per heavy atom. The van der Waals surface area contributed by atoms with Crippen LogP contribution in [-0.4, -0.2) is 26.3 Å². The van der Waals surface area contributed by atoms with Gasteiger partial charge in [-0.1, -0.05) is 0 Å². The molecule has 0 amide bonds. The van der Waals surface area contributed by atoms with Crippen LogP contribution in [0.3, 0.4) is 0 Å². The van der Waals surface area contributed by atoms with Crippen LogP contribution in [0.2, 0.25) is 0 Å². The van der Waals surface area contributed by atoms with Gasteiger partial charge in [-0.05, 0) is 45.2 Å². The molecule has 0 aromatic heterocycles. The Morgan fingerprint density at radius 3 is 3.07 bits per heavy atom. The van der Waals surface area contributed by atoms with Crippen LogP contribution in [0.4, 0.5) is 0 Å². The van der Waals surface area contributed by atoms with E-state index < -0.39 is 0 Å². The maximum Gasteiger partial charge on any atom is 0.0575 e. The van der Waals surface area contributed by atoms with Crippen LogP contribution in [0.5, 0.6) is 0 Å². The summed E-state index contributed by atoms with van der Waals surface area (Å²) in [6, 6.07) is 0. The predicted molar refractivity (Wildman–Crippen MR) is 59.1 cm³/mol. The lowest BCUT2D eigenvalue weighted by Gasteiger charge is -2.22. The fraction of sp³-hybridized carbons (Fsp3) is 0.833. The van der Waals surface area contributed by atoms with Crippen LogP contribution in [-0.2, 0) is 4.74 Å². The lowest BCUT2D eigenvalue weighted by Crippen LogP contribution is -2.30. The first-order chi connectivity index (χ1) is 6.93. The molecule has 1 N–H and O–H groups in total. The van der Waals surface area contributed by atoms with E-state index in [-0.39, 0.29) is 0 Å². The van der Waals surface area contributed by atoms with Crippen molar-refractivity contribution in [1.82, 2.24) is 5.32 Å². The van der Waals surface area contributed by atoms with E-state index in [1.54, 1.807) is 0 Å². The second kappa shape index (κ2) is 7.84. The van der Waals surface area contributed by atoms with Crippen molar-refractivity contribution in [1.29, 1.82) is 0 Å². The van der Waals surface area contributed by atoms with Gasteiger partial charge in [0.15, 0.2) is 0 Å². The number of piperidine rings is 1. The van der Waals surface area contributed by atoms with E-state index in [4.69, 9.17) is 4.74 Å². The highest BCUT2D eigenvalue weighted by Gasteiger charge is 2.11. The lowest BCUT2D eigenvalue weighted by molar-refractivity contribution is 0.120. The molecule has 0 bridgehead atoms. The molecular formula is C12H21NO. The lowest BCUT2D eigenvalue weighted by atomic mass is 9.97. The van der Waals surface area contributed by atoms with Gasteiger partial charge in [-0.2, -0.15) is 0 Å². The molecule has 80 valence electrons. The molecule has 1 aliphatic heterocycles. The highest BCUT2D eigenvalue weighted by Crippen LogP contribution is 2.13. The molecule has 1 unspecified atom stereocenters. The molecule has 0 aromatic rings. The Bertz CT molecular complexity index is 186. The molecule has 2 nitrogen and oxygen atoms in total. The van der Waals surface area contributed by atoms with Crippen molar-refractivity contribution in [3.63, 3.8) is 0 Å². The zero-order valence-electron chi connectivity index (χ0n) is 9.14. The van der Waals surface area contributed by atoms with E-state index in [0.717, 1.165) is 25.6 Å². The highest BCUT2D eigenvalue weighted by atomic mass is 16.5. The van der Waals surface area contributed by atoms with E-state index in [1.807, 2.05) is 6.92 Å². The fourth-order valence-electron chi connectivity index (χ4n) is 1.77. The molecule has 1 saturated heterocycles. The van der Waals surface area contributed by atoms with Gasteiger partial charge >= 0.3 is 0 Å². The van der Waals surface area contributed by atoms with Crippen molar-refractivity contribution in [2.75, 3.05) is 26.3 Å². The van der Waals surface area contributed by atoms with Gasteiger partial charge in [-0.3, -0.25) is 0 Å². The Hall–Kier alpha value is -0.520. The molecule has 1 atom stereocenters. The van der Waals surface area contributed by atoms with Crippen molar-refractivity contribution in [2.45, 2.75) is 32.6 Å². The molecule has 0 spiro atoms. The molecule has 1 rings (SSSR count). The number of hydrogen-bond acceptors (Lipinski definition) is 2. The maximum atomic E-state index is 5.51. The first kappa shape index (κ1) is 11.6. The van der Waals surface area contributed by atoms with Gasteiger partial charge in [0.25, 0.3) is 0 Å². The normalized spacial score (nSPS) is 21.4. The summed E-state index contributed by atoms with van der Waals surface area (Å²) >= 11 is 0. The first-order valence-corrected chi connectivity index (χ1v) is 5.61. The van der Waals surface area contributed by atoms with E-state index in [9.17, 15) is 0 Å². The minimum Gasteiger partial charge on any atom is -0.380 e. The van der Waals surface area contributed by atoms with Gasteiger partial charge in [0.05, 0.1) is 6.61 Å². The van der Waals surface area contributed by atoms with Crippen molar-refractivity contribution in [2.24, 2.45) is 5.92 Å². The minimum atomic E-state index is 0.793. The highest BCUT2D eigenvalue weighted by molar-refractivity contribution is 4.94. The van der Waals surface area contributed by atoms with E-state index >= 15 is 0 Å². The summed E-state index contributed by atoms with van der Waals surface area (Å²) in [6.07, 6.45) is 4.77. The van der Waals surface area contributed by atoms with E-state index in [0.29, 0.717) is 0 Å². The van der Waals surface area contributed by atoms with Crippen LogP contribution in [0.25, 0.3) is 0 Å². The van der Waals surface area contributed by atoms with E-state index in [2.05, 4.69) is 17.2 Å². The Balaban J connectivity index is 1.89. The Kier molecular flexibility index (Phi) is 6.47. The Morgan fingerprint density at radius 1 is 1.43 bits per heavy atom. The standard InChI is InChI=1S/C12H21NO/c1-2-3-4-9-14-10-7-12-6-5-8-13-11-12/h12-13H,4-11H2,1H3. The predicted octanol–water partition coefficient (Wildman–Crippen LogP) is 1.81. The summed E-state index contributed by atoms with van der Waals surface area (Å²) < 4.78 is 5.51. The van der Waals surface area contributed by atoms with Crippen LogP contribution in [0, 0.1) is 17.8 Å². The molecule has 1 aliphatic rings. The third-order valence-electron chi connectivity index (χ3n) is 2.62. The van der Waals surface area contributed by atoms with Gasteiger partial charge in [0.1, 0.15) is 0 Å². The third-order valence-corrected chi connectivity index (χ3v) is 2.62. The van der Waals surface area contributed by atoms with Crippen molar-refractivity contribution in [3.8, 4) is 11.8 Å². The molecule has 0 saturated carbocycles.